The second-order valence-electron chi connectivity index (χ2n) is 5.36. The van der Waals surface area contributed by atoms with Gasteiger partial charge in [0.25, 0.3) is 5.69 Å². The Morgan fingerprint density at radius 3 is 2.43 bits per heavy atom. The van der Waals surface area contributed by atoms with Crippen LogP contribution in [0, 0.1) is 10.1 Å². The van der Waals surface area contributed by atoms with E-state index in [-0.39, 0.29) is 22.7 Å². The van der Waals surface area contributed by atoms with Crippen LogP contribution in [0.3, 0.4) is 0 Å². The van der Waals surface area contributed by atoms with Gasteiger partial charge in [0.1, 0.15) is 5.69 Å². The van der Waals surface area contributed by atoms with Gasteiger partial charge in [-0.3, -0.25) is 14.9 Å². The summed E-state index contributed by atoms with van der Waals surface area (Å²) in [5.74, 6) is -0.553. The Balaban J connectivity index is 3.25. The highest BCUT2D eigenvalue weighted by molar-refractivity contribution is 7.90. The van der Waals surface area contributed by atoms with Crippen molar-refractivity contribution < 1.29 is 18.1 Å². The van der Waals surface area contributed by atoms with Crippen LogP contribution < -0.4 is 11.1 Å². The Labute approximate surface area is 122 Å². The molecule has 0 saturated carbocycles. The van der Waals surface area contributed by atoms with E-state index in [9.17, 15) is 23.3 Å². The molecule has 0 aliphatic carbocycles. The van der Waals surface area contributed by atoms with Gasteiger partial charge in [0.2, 0.25) is 5.91 Å². The summed E-state index contributed by atoms with van der Waals surface area (Å²) >= 11 is 0. The van der Waals surface area contributed by atoms with E-state index in [4.69, 9.17) is 5.73 Å². The van der Waals surface area contributed by atoms with E-state index < -0.39 is 26.2 Å². The summed E-state index contributed by atoms with van der Waals surface area (Å²) in [5.41, 5.74) is 4.06. The zero-order valence-electron chi connectivity index (χ0n) is 11.9. The number of primary amides is 1. The van der Waals surface area contributed by atoms with E-state index in [2.05, 4.69) is 5.32 Å². The summed E-state index contributed by atoms with van der Waals surface area (Å²) < 4.78 is 22.9. The van der Waals surface area contributed by atoms with Gasteiger partial charge in [0.05, 0.1) is 9.82 Å². The topological polar surface area (TPSA) is 132 Å². The smallest absolute Gasteiger partial charge is 0.293 e. The quantitative estimate of drug-likeness (QED) is 0.596. The Morgan fingerprint density at radius 2 is 2.00 bits per heavy atom. The number of rotatable bonds is 6. The first kappa shape index (κ1) is 16.9. The van der Waals surface area contributed by atoms with E-state index in [0.717, 1.165) is 12.3 Å². The van der Waals surface area contributed by atoms with E-state index in [1.807, 2.05) is 0 Å². The second kappa shape index (κ2) is 5.68. The third-order valence-electron chi connectivity index (χ3n) is 2.68. The van der Waals surface area contributed by atoms with Crippen molar-refractivity contribution in [3.63, 3.8) is 0 Å². The van der Waals surface area contributed by atoms with Crippen LogP contribution in [-0.2, 0) is 14.6 Å². The third-order valence-corrected chi connectivity index (χ3v) is 3.79. The first-order chi connectivity index (χ1) is 9.42. The minimum Gasteiger partial charge on any atom is -0.374 e. The number of anilines is 1. The number of hydrogen-bond acceptors (Lipinski definition) is 6. The van der Waals surface area contributed by atoms with Gasteiger partial charge >= 0.3 is 0 Å². The maximum absolute atomic E-state index is 11.4. The zero-order chi connectivity index (χ0) is 16.4. The number of nitro groups is 1. The molecule has 21 heavy (non-hydrogen) atoms. The van der Waals surface area contributed by atoms with E-state index in [0.29, 0.717) is 0 Å². The minimum atomic E-state index is -3.54. The van der Waals surface area contributed by atoms with Crippen molar-refractivity contribution in [2.45, 2.75) is 30.7 Å². The molecule has 9 heteroatoms. The summed E-state index contributed by atoms with van der Waals surface area (Å²) in [5, 5.41) is 13.9. The minimum absolute atomic E-state index is 0.0298. The average molecular weight is 315 g/mol. The number of nitro benzene ring substituents is 1. The number of carbonyl (C=O) groups is 1. The molecule has 0 aliphatic rings. The molecule has 8 nitrogen and oxygen atoms in total. The molecule has 1 rings (SSSR count). The van der Waals surface area contributed by atoms with Crippen molar-refractivity contribution in [1.82, 2.24) is 0 Å². The number of nitrogens with one attached hydrogen (secondary N) is 1. The van der Waals surface area contributed by atoms with Gasteiger partial charge in [-0.15, -0.1) is 0 Å². The average Bonchev–Trinajstić information content (AvgIpc) is 2.24. The highest BCUT2D eigenvalue weighted by Crippen LogP contribution is 2.30. The molecule has 0 saturated heterocycles. The lowest BCUT2D eigenvalue weighted by Gasteiger charge is -2.26. The normalized spacial score (nSPS) is 12.0. The van der Waals surface area contributed by atoms with E-state index in [1.54, 1.807) is 13.8 Å². The molecule has 0 radical (unpaired) electrons. The van der Waals surface area contributed by atoms with Crippen molar-refractivity contribution >= 4 is 27.1 Å². The van der Waals surface area contributed by atoms with Crippen LogP contribution in [0.5, 0.6) is 0 Å². The first-order valence-electron chi connectivity index (χ1n) is 5.97. The van der Waals surface area contributed by atoms with Gasteiger partial charge < -0.3 is 11.1 Å². The van der Waals surface area contributed by atoms with Crippen molar-refractivity contribution in [2.75, 3.05) is 11.6 Å². The largest absolute Gasteiger partial charge is 0.374 e. The van der Waals surface area contributed by atoms with Gasteiger partial charge in [-0.2, -0.15) is 0 Å². The highest BCUT2D eigenvalue weighted by atomic mass is 32.2. The van der Waals surface area contributed by atoms with Crippen LogP contribution in [-0.4, -0.2) is 31.0 Å². The molecule has 3 N–H and O–H groups in total. The van der Waals surface area contributed by atoms with Gasteiger partial charge in [0, 0.05) is 24.3 Å². The predicted octanol–water partition coefficient (Wildman–Crippen LogP) is 1.06. The zero-order valence-corrected chi connectivity index (χ0v) is 12.7. The Hall–Kier alpha value is -2.16. The predicted molar refractivity (Wildman–Crippen MR) is 77.7 cm³/mol. The van der Waals surface area contributed by atoms with Crippen LogP contribution in [0.2, 0.25) is 0 Å². The van der Waals surface area contributed by atoms with Gasteiger partial charge in [0.15, 0.2) is 9.84 Å². The number of benzene rings is 1. The molecule has 1 aromatic rings. The van der Waals surface area contributed by atoms with Crippen LogP contribution in [0.4, 0.5) is 11.4 Å². The van der Waals surface area contributed by atoms with Crippen molar-refractivity contribution in [3.8, 4) is 0 Å². The number of hydrogen-bond donors (Lipinski definition) is 2. The number of nitrogens with zero attached hydrogens (tertiary/aromatic N) is 1. The fourth-order valence-corrected chi connectivity index (χ4v) is 2.48. The maximum Gasteiger partial charge on any atom is 0.293 e. The molecule has 116 valence electrons. The van der Waals surface area contributed by atoms with Crippen LogP contribution in [0.15, 0.2) is 23.1 Å². The summed E-state index contributed by atoms with van der Waals surface area (Å²) in [6, 6.07) is 3.56. The van der Waals surface area contributed by atoms with Crippen LogP contribution in [0.25, 0.3) is 0 Å². The summed E-state index contributed by atoms with van der Waals surface area (Å²) in [4.78, 5) is 21.2. The van der Waals surface area contributed by atoms with Crippen molar-refractivity contribution in [2.24, 2.45) is 5.73 Å². The Kier molecular flexibility index (Phi) is 4.57. The molecule has 0 spiro atoms. The highest BCUT2D eigenvalue weighted by Gasteiger charge is 2.25. The Bertz CT molecular complexity index is 682. The molecule has 1 aromatic carbocycles. The monoisotopic (exact) mass is 315 g/mol. The maximum atomic E-state index is 11.4. The number of carbonyl (C=O) groups excluding carboxylic acids is 1. The van der Waals surface area contributed by atoms with Crippen LogP contribution in [0.1, 0.15) is 20.3 Å². The lowest BCUT2D eigenvalue weighted by atomic mass is 9.99. The fourth-order valence-electron chi connectivity index (χ4n) is 1.84. The Morgan fingerprint density at radius 1 is 1.43 bits per heavy atom. The van der Waals surface area contributed by atoms with Gasteiger partial charge in [-0.25, -0.2) is 8.42 Å². The number of nitrogens with two attached hydrogens (primary N) is 1. The molecule has 0 heterocycles. The first-order valence-corrected chi connectivity index (χ1v) is 7.86. The van der Waals surface area contributed by atoms with Gasteiger partial charge in [-0.05, 0) is 26.0 Å². The molecule has 0 atom stereocenters. The molecular weight excluding hydrogens is 298 g/mol. The second-order valence-corrected chi connectivity index (χ2v) is 7.38. The fraction of sp³-hybridized carbons (Fsp3) is 0.417. The molecule has 0 aromatic heterocycles. The molecule has 0 bridgehead atoms. The lowest BCUT2D eigenvalue weighted by molar-refractivity contribution is -0.384. The summed E-state index contributed by atoms with van der Waals surface area (Å²) in [6.45, 7) is 3.32. The standard InChI is InChI=1S/C12H17N3O5S/c1-12(2,7-11(13)16)14-9-5-4-8(21(3,19)20)6-10(9)15(17)18/h4-6,14H,7H2,1-3H3,(H2,13,16). The van der Waals surface area contributed by atoms with E-state index in [1.165, 1.54) is 12.1 Å². The summed E-state index contributed by atoms with van der Waals surface area (Å²) in [6.07, 6.45) is 0.939. The molecular formula is C12H17N3O5S. The molecule has 1 amide bonds. The third kappa shape index (κ3) is 4.71. The summed E-state index contributed by atoms with van der Waals surface area (Å²) in [7, 11) is -3.54. The number of amides is 1. The molecule has 0 fully saturated rings. The molecule has 0 aliphatic heterocycles. The number of sulfone groups is 1. The van der Waals surface area contributed by atoms with Gasteiger partial charge in [-0.1, -0.05) is 0 Å². The van der Waals surface area contributed by atoms with E-state index >= 15 is 0 Å². The van der Waals surface area contributed by atoms with Crippen molar-refractivity contribution in [3.05, 3.63) is 28.3 Å². The van der Waals surface area contributed by atoms with Crippen molar-refractivity contribution in [1.29, 1.82) is 0 Å². The van der Waals surface area contributed by atoms with Crippen LogP contribution >= 0.6 is 0 Å². The SMILES string of the molecule is CC(C)(CC(N)=O)Nc1ccc(S(C)(=O)=O)cc1[N+](=O)[O-]. The lowest BCUT2D eigenvalue weighted by Crippen LogP contribution is -2.36. The molecule has 0 unspecified atom stereocenters.